The Morgan fingerprint density at radius 2 is 1.95 bits per heavy atom. The van der Waals surface area contributed by atoms with Crippen molar-refractivity contribution < 1.29 is 14.0 Å². The molecule has 1 atom stereocenters. The van der Waals surface area contributed by atoms with E-state index in [1.807, 2.05) is 0 Å². The number of carbonyl (C=O) groups excluding carboxylic acids is 2. The van der Waals surface area contributed by atoms with Crippen LogP contribution in [0.5, 0.6) is 0 Å². The maximum Gasteiger partial charge on any atom is 0.327 e. The van der Waals surface area contributed by atoms with E-state index in [0.717, 1.165) is 12.8 Å². The number of carbonyl (C=O) groups is 2. The third-order valence-corrected chi connectivity index (χ3v) is 3.89. The van der Waals surface area contributed by atoms with Gasteiger partial charge < -0.3 is 4.90 Å². The van der Waals surface area contributed by atoms with Crippen LogP contribution >= 0.6 is 0 Å². The first-order chi connectivity index (χ1) is 8.76. The van der Waals surface area contributed by atoms with Crippen molar-refractivity contribution >= 4 is 11.9 Å². The lowest BCUT2D eigenvalue weighted by atomic mass is 9.86. The Morgan fingerprint density at radius 3 is 2.47 bits per heavy atom. The number of alkyl halides is 1. The van der Waals surface area contributed by atoms with Crippen molar-refractivity contribution in [3.63, 3.8) is 0 Å². The molecule has 0 aromatic carbocycles. The molecular weight excluding hydrogens is 247 g/mol. The maximum atomic E-state index is 12.8. The molecule has 1 rings (SSSR count). The monoisotopic (exact) mass is 272 g/mol. The standard InChI is InChI=1S/C14H25FN2O2/c1-5-14(3,4)7-9-17-12(18)10-16(13(17)19)8-6-11(2)15/h11H,5-10H2,1-4H3. The zero-order valence-electron chi connectivity index (χ0n) is 12.4. The van der Waals surface area contributed by atoms with Crippen LogP contribution in [0.3, 0.4) is 0 Å². The van der Waals surface area contributed by atoms with Crippen molar-refractivity contribution in [1.29, 1.82) is 0 Å². The SMILES string of the molecule is CCC(C)(C)CCN1C(=O)CN(CCC(C)F)C1=O. The molecule has 3 amide bonds. The normalized spacial score (nSPS) is 18.4. The van der Waals surface area contributed by atoms with Crippen LogP contribution < -0.4 is 0 Å². The summed E-state index contributed by atoms with van der Waals surface area (Å²) in [5.41, 5.74) is 0.126. The van der Waals surface area contributed by atoms with Gasteiger partial charge in [-0.05, 0) is 25.2 Å². The van der Waals surface area contributed by atoms with Crippen LogP contribution in [-0.2, 0) is 4.79 Å². The Morgan fingerprint density at radius 1 is 1.32 bits per heavy atom. The first-order valence-electron chi connectivity index (χ1n) is 7.00. The van der Waals surface area contributed by atoms with E-state index in [9.17, 15) is 14.0 Å². The molecule has 0 saturated carbocycles. The first kappa shape index (κ1) is 15.9. The van der Waals surface area contributed by atoms with Gasteiger partial charge in [0.2, 0.25) is 5.91 Å². The highest BCUT2D eigenvalue weighted by atomic mass is 19.1. The maximum absolute atomic E-state index is 12.8. The molecule has 1 heterocycles. The Kier molecular flexibility index (Phi) is 5.32. The molecule has 0 radical (unpaired) electrons. The minimum Gasteiger partial charge on any atom is -0.315 e. The summed E-state index contributed by atoms with van der Waals surface area (Å²) in [6.45, 7) is 8.68. The summed E-state index contributed by atoms with van der Waals surface area (Å²) in [5.74, 6) is -0.164. The van der Waals surface area contributed by atoms with Crippen molar-refractivity contribution in [2.45, 2.75) is 53.1 Å². The predicted octanol–water partition coefficient (Wildman–Crippen LogP) is 2.83. The molecule has 110 valence electrons. The minimum atomic E-state index is -0.948. The topological polar surface area (TPSA) is 40.6 Å². The third kappa shape index (κ3) is 4.48. The van der Waals surface area contributed by atoms with E-state index >= 15 is 0 Å². The van der Waals surface area contributed by atoms with Gasteiger partial charge in [0.1, 0.15) is 6.54 Å². The zero-order chi connectivity index (χ0) is 14.6. The van der Waals surface area contributed by atoms with Crippen LogP contribution in [-0.4, -0.2) is 47.5 Å². The Hall–Kier alpha value is -1.13. The predicted molar refractivity (Wildman–Crippen MR) is 72.6 cm³/mol. The summed E-state index contributed by atoms with van der Waals surface area (Å²) >= 11 is 0. The average Bonchev–Trinajstić information content (AvgIpc) is 2.60. The number of urea groups is 1. The average molecular weight is 272 g/mol. The van der Waals surface area contributed by atoms with E-state index < -0.39 is 6.17 Å². The van der Waals surface area contributed by atoms with Crippen LogP contribution in [0.25, 0.3) is 0 Å². The molecule has 0 N–H and O–H groups in total. The van der Waals surface area contributed by atoms with Crippen LogP contribution in [0.1, 0.15) is 47.0 Å². The fourth-order valence-electron chi connectivity index (χ4n) is 1.91. The third-order valence-electron chi connectivity index (χ3n) is 3.89. The number of halogens is 1. The number of hydrogen-bond acceptors (Lipinski definition) is 2. The van der Waals surface area contributed by atoms with Gasteiger partial charge in [-0.25, -0.2) is 9.18 Å². The first-order valence-corrected chi connectivity index (χ1v) is 7.00. The van der Waals surface area contributed by atoms with E-state index in [0.29, 0.717) is 13.1 Å². The second-order valence-corrected chi connectivity index (χ2v) is 6.09. The lowest BCUT2D eigenvalue weighted by molar-refractivity contribution is -0.125. The van der Waals surface area contributed by atoms with Crippen LogP contribution in [0.15, 0.2) is 0 Å². The van der Waals surface area contributed by atoms with Crippen LogP contribution in [0.4, 0.5) is 9.18 Å². The molecule has 0 aliphatic carbocycles. The van der Waals surface area contributed by atoms with E-state index in [2.05, 4.69) is 20.8 Å². The largest absolute Gasteiger partial charge is 0.327 e. The fourth-order valence-corrected chi connectivity index (χ4v) is 1.91. The van der Waals surface area contributed by atoms with Gasteiger partial charge in [-0.1, -0.05) is 27.2 Å². The second kappa shape index (κ2) is 6.35. The summed E-state index contributed by atoms with van der Waals surface area (Å²) in [7, 11) is 0. The van der Waals surface area contributed by atoms with Crippen molar-refractivity contribution in [1.82, 2.24) is 9.80 Å². The van der Waals surface area contributed by atoms with E-state index in [-0.39, 0.29) is 30.3 Å². The zero-order valence-corrected chi connectivity index (χ0v) is 12.4. The van der Waals surface area contributed by atoms with Crippen molar-refractivity contribution in [2.75, 3.05) is 19.6 Å². The van der Waals surface area contributed by atoms with Crippen LogP contribution in [0.2, 0.25) is 0 Å². The molecule has 4 nitrogen and oxygen atoms in total. The lowest BCUT2D eigenvalue weighted by Gasteiger charge is -2.25. The second-order valence-electron chi connectivity index (χ2n) is 6.09. The van der Waals surface area contributed by atoms with Gasteiger partial charge in [-0.3, -0.25) is 9.69 Å². The van der Waals surface area contributed by atoms with Crippen molar-refractivity contribution in [3.8, 4) is 0 Å². The minimum absolute atomic E-state index is 0.0953. The number of imide groups is 1. The highest BCUT2D eigenvalue weighted by Crippen LogP contribution is 2.25. The lowest BCUT2D eigenvalue weighted by Crippen LogP contribution is -2.36. The molecule has 0 spiro atoms. The molecule has 1 aliphatic heterocycles. The van der Waals surface area contributed by atoms with Gasteiger partial charge >= 0.3 is 6.03 Å². The fraction of sp³-hybridized carbons (Fsp3) is 0.857. The summed E-state index contributed by atoms with van der Waals surface area (Å²) in [6.07, 6.45) is 1.14. The van der Waals surface area contributed by atoms with E-state index in [4.69, 9.17) is 0 Å². The van der Waals surface area contributed by atoms with Gasteiger partial charge in [0.25, 0.3) is 0 Å². The molecule has 5 heteroatoms. The van der Waals surface area contributed by atoms with Crippen molar-refractivity contribution in [2.24, 2.45) is 5.41 Å². The summed E-state index contributed by atoms with van der Waals surface area (Å²) < 4.78 is 12.8. The molecule has 19 heavy (non-hydrogen) atoms. The highest BCUT2D eigenvalue weighted by molar-refractivity contribution is 6.01. The summed E-state index contributed by atoms with van der Waals surface area (Å²) in [5, 5.41) is 0. The smallest absolute Gasteiger partial charge is 0.315 e. The van der Waals surface area contributed by atoms with Gasteiger partial charge in [0, 0.05) is 13.1 Å². The van der Waals surface area contributed by atoms with E-state index in [1.165, 1.54) is 16.7 Å². The Balaban J connectivity index is 2.52. The number of rotatable bonds is 7. The Bertz CT molecular complexity index is 342. The quantitative estimate of drug-likeness (QED) is 0.669. The van der Waals surface area contributed by atoms with Crippen molar-refractivity contribution in [3.05, 3.63) is 0 Å². The molecule has 1 saturated heterocycles. The highest BCUT2D eigenvalue weighted by Gasteiger charge is 2.36. The number of hydrogen-bond donors (Lipinski definition) is 0. The van der Waals surface area contributed by atoms with Crippen LogP contribution in [0, 0.1) is 5.41 Å². The molecule has 1 aliphatic rings. The molecule has 0 bridgehead atoms. The number of nitrogens with zero attached hydrogens (tertiary/aromatic N) is 2. The van der Waals surface area contributed by atoms with Gasteiger partial charge in [-0.2, -0.15) is 0 Å². The molecule has 1 fully saturated rings. The van der Waals surface area contributed by atoms with E-state index in [1.54, 1.807) is 0 Å². The summed E-state index contributed by atoms with van der Waals surface area (Å²) in [4.78, 5) is 26.6. The Labute approximate surface area is 114 Å². The van der Waals surface area contributed by atoms with Gasteiger partial charge in [-0.15, -0.1) is 0 Å². The molecular formula is C14H25FN2O2. The number of amides is 3. The molecule has 1 unspecified atom stereocenters. The molecule has 0 aromatic rings. The van der Waals surface area contributed by atoms with Gasteiger partial charge in [0.05, 0.1) is 6.17 Å². The summed E-state index contributed by atoms with van der Waals surface area (Å²) in [6, 6.07) is -0.266. The molecule has 0 aromatic heterocycles. The van der Waals surface area contributed by atoms with Gasteiger partial charge in [0.15, 0.2) is 0 Å².